The zero-order valence-electron chi connectivity index (χ0n) is 16.5. The highest BCUT2D eigenvalue weighted by atomic mass is 16.1. The summed E-state index contributed by atoms with van der Waals surface area (Å²) in [5.41, 5.74) is 8.29. The third kappa shape index (κ3) is 3.13. The molecule has 5 nitrogen and oxygen atoms in total. The molecule has 5 heterocycles. The van der Waals surface area contributed by atoms with Crippen LogP contribution in [0.4, 0.5) is 0 Å². The monoisotopic (exact) mass is 402 g/mol. The number of fused-ring (bicyclic) bond motifs is 8. The molecule has 0 spiro atoms. The molecule has 0 saturated heterocycles. The van der Waals surface area contributed by atoms with Crippen molar-refractivity contribution in [2.45, 2.75) is 0 Å². The summed E-state index contributed by atoms with van der Waals surface area (Å²) in [7, 11) is 0. The number of aromatic amines is 3. The molecule has 6 rings (SSSR count). The quantitative estimate of drug-likeness (QED) is 0.329. The fraction of sp³-hybridized carbons (Fsp3) is 0. The van der Waals surface area contributed by atoms with E-state index < -0.39 is 0 Å². The minimum Gasteiger partial charge on any atom is -0.355 e. The van der Waals surface area contributed by atoms with Gasteiger partial charge in [0.2, 0.25) is 5.43 Å². The first-order valence-electron chi connectivity index (χ1n) is 10.1. The highest BCUT2D eigenvalue weighted by Gasteiger charge is 2.12. The van der Waals surface area contributed by atoms with E-state index in [9.17, 15) is 4.79 Å². The van der Waals surface area contributed by atoms with Crippen molar-refractivity contribution < 1.29 is 0 Å². The summed E-state index contributed by atoms with van der Waals surface area (Å²) in [5.74, 6) is 0. The van der Waals surface area contributed by atoms with Gasteiger partial charge in [0.15, 0.2) is 0 Å². The third-order valence-corrected chi connectivity index (χ3v) is 5.48. The molecule has 0 amide bonds. The Labute approximate surface area is 177 Å². The molecule has 0 atom stereocenters. The summed E-state index contributed by atoms with van der Waals surface area (Å²) in [6.07, 6.45) is 3.69. The van der Waals surface area contributed by atoms with Crippen molar-refractivity contribution in [3.63, 3.8) is 0 Å². The lowest BCUT2D eigenvalue weighted by Gasteiger charge is -2.03. The van der Waals surface area contributed by atoms with E-state index in [0.29, 0.717) is 11.2 Å². The molecular weight excluding hydrogens is 384 g/mol. The SMILES string of the molecule is O=c1c2nc(c(-c3ccccc3)c3ccc(cc4ccc(cc5ccc1[nH]5)[nH]4)[nH]3)C=C2. The predicted molar refractivity (Wildman–Crippen MR) is 127 cm³/mol. The van der Waals surface area contributed by atoms with Crippen molar-refractivity contribution in [1.29, 1.82) is 0 Å². The first-order chi connectivity index (χ1) is 15.2. The molecule has 0 saturated carbocycles. The average Bonchev–Trinajstić information content (AvgIpc) is 3.58. The molecule has 4 aromatic heterocycles. The van der Waals surface area contributed by atoms with Crippen LogP contribution in [0.3, 0.4) is 0 Å². The Kier molecular flexibility index (Phi) is 3.86. The summed E-state index contributed by atoms with van der Waals surface area (Å²) in [5, 5.41) is 0. The van der Waals surface area contributed by atoms with Crippen molar-refractivity contribution >= 4 is 45.3 Å². The van der Waals surface area contributed by atoms with Gasteiger partial charge in [0.25, 0.3) is 0 Å². The molecule has 5 aromatic rings. The van der Waals surface area contributed by atoms with Gasteiger partial charge in [0, 0.05) is 33.1 Å². The van der Waals surface area contributed by atoms with Gasteiger partial charge >= 0.3 is 0 Å². The van der Waals surface area contributed by atoms with Crippen LogP contribution in [0.1, 0.15) is 11.4 Å². The van der Waals surface area contributed by atoms with Gasteiger partial charge in [-0.25, -0.2) is 4.98 Å². The highest BCUT2D eigenvalue weighted by molar-refractivity contribution is 5.91. The van der Waals surface area contributed by atoms with Crippen LogP contribution in [0.5, 0.6) is 0 Å². The van der Waals surface area contributed by atoms with E-state index in [2.05, 4.69) is 39.2 Å². The lowest BCUT2D eigenvalue weighted by Crippen LogP contribution is -2.03. The van der Waals surface area contributed by atoms with E-state index in [1.165, 1.54) is 0 Å². The lowest BCUT2D eigenvalue weighted by atomic mass is 10.0. The number of H-pyrrole nitrogens is 3. The fourth-order valence-corrected chi connectivity index (χ4v) is 4.02. The van der Waals surface area contributed by atoms with E-state index in [1.807, 2.05) is 54.6 Å². The number of hydrogen-bond acceptors (Lipinski definition) is 2. The minimum atomic E-state index is -0.127. The topological polar surface area (TPSA) is 77.3 Å². The van der Waals surface area contributed by atoms with Crippen LogP contribution in [0, 0.1) is 0 Å². The number of nitrogens with one attached hydrogen (secondary N) is 3. The normalized spacial score (nSPS) is 11.9. The molecule has 1 aliphatic heterocycles. The second-order valence-electron chi connectivity index (χ2n) is 7.60. The Morgan fingerprint density at radius 3 is 1.90 bits per heavy atom. The van der Waals surface area contributed by atoms with Gasteiger partial charge in [-0.05, 0) is 66.2 Å². The summed E-state index contributed by atoms with van der Waals surface area (Å²) >= 11 is 0. The number of aromatic nitrogens is 4. The van der Waals surface area contributed by atoms with Crippen molar-refractivity contribution in [2.24, 2.45) is 0 Å². The van der Waals surface area contributed by atoms with Crippen LogP contribution in [-0.2, 0) is 0 Å². The van der Waals surface area contributed by atoms with Gasteiger partial charge in [-0.2, -0.15) is 0 Å². The molecule has 8 bridgehead atoms. The van der Waals surface area contributed by atoms with Gasteiger partial charge in [-0.3, -0.25) is 4.79 Å². The van der Waals surface area contributed by atoms with Gasteiger partial charge in [0.1, 0.15) is 5.69 Å². The maximum Gasteiger partial charge on any atom is 0.227 e. The molecule has 0 unspecified atom stereocenters. The zero-order chi connectivity index (χ0) is 20.8. The standard InChI is InChI=1S/C26H18N4O/c31-26-23-11-9-20(29-23)15-18-7-6-17(27-18)14-19-8-10-21(28-19)25(16-4-2-1-3-5-16)22-12-13-24(26)30-22/h1-15,27-29H. The number of rotatable bonds is 1. The van der Waals surface area contributed by atoms with E-state index >= 15 is 0 Å². The van der Waals surface area contributed by atoms with E-state index in [0.717, 1.165) is 44.4 Å². The Hall–Kier alpha value is -4.38. The predicted octanol–water partition coefficient (Wildman–Crippen LogP) is 5.72. The number of benzene rings is 1. The molecule has 3 N–H and O–H groups in total. The lowest BCUT2D eigenvalue weighted by molar-refractivity contribution is 1.29. The van der Waals surface area contributed by atoms with Crippen LogP contribution in [-0.4, -0.2) is 19.9 Å². The smallest absolute Gasteiger partial charge is 0.227 e. The third-order valence-electron chi connectivity index (χ3n) is 5.48. The maximum atomic E-state index is 13.0. The molecule has 1 aliphatic rings. The maximum absolute atomic E-state index is 13.0. The molecule has 148 valence electrons. The largest absolute Gasteiger partial charge is 0.355 e. The van der Waals surface area contributed by atoms with Crippen LogP contribution >= 0.6 is 0 Å². The van der Waals surface area contributed by atoms with E-state index in [-0.39, 0.29) is 5.43 Å². The van der Waals surface area contributed by atoms with Crippen molar-refractivity contribution in [1.82, 2.24) is 19.9 Å². The first-order valence-corrected chi connectivity index (χ1v) is 10.1. The molecular formula is C26H18N4O. The zero-order valence-corrected chi connectivity index (χ0v) is 16.5. The van der Waals surface area contributed by atoms with Crippen LogP contribution in [0.15, 0.2) is 83.7 Å². The minimum absolute atomic E-state index is 0.127. The number of nitrogens with zero attached hydrogens (tertiary/aromatic N) is 1. The van der Waals surface area contributed by atoms with E-state index in [1.54, 1.807) is 12.1 Å². The van der Waals surface area contributed by atoms with Crippen molar-refractivity contribution in [2.75, 3.05) is 0 Å². The fourth-order valence-electron chi connectivity index (χ4n) is 4.02. The van der Waals surface area contributed by atoms with Crippen LogP contribution in [0.2, 0.25) is 0 Å². The highest BCUT2D eigenvalue weighted by Crippen LogP contribution is 2.29. The Morgan fingerprint density at radius 2 is 1.16 bits per heavy atom. The average molecular weight is 402 g/mol. The van der Waals surface area contributed by atoms with Gasteiger partial charge in [-0.15, -0.1) is 0 Å². The summed E-state index contributed by atoms with van der Waals surface area (Å²) in [6, 6.07) is 26.0. The van der Waals surface area contributed by atoms with Crippen LogP contribution < -0.4 is 5.43 Å². The second kappa shape index (κ2) is 6.85. The van der Waals surface area contributed by atoms with Gasteiger partial charge in [-0.1, -0.05) is 30.3 Å². The molecule has 1 aromatic carbocycles. The van der Waals surface area contributed by atoms with Crippen molar-refractivity contribution in [3.8, 4) is 11.1 Å². The molecule has 5 heteroatoms. The molecule has 0 aliphatic carbocycles. The van der Waals surface area contributed by atoms with Crippen LogP contribution in [0.25, 0.3) is 56.4 Å². The Balaban J connectivity index is 1.78. The Morgan fingerprint density at radius 1 is 0.581 bits per heavy atom. The van der Waals surface area contributed by atoms with Crippen molar-refractivity contribution in [3.05, 3.63) is 100 Å². The summed E-state index contributed by atoms with van der Waals surface area (Å²) in [4.78, 5) is 27.8. The van der Waals surface area contributed by atoms with Gasteiger partial charge < -0.3 is 15.0 Å². The second-order valence-corrected chi connectivity index (χ2v) is 7.60. The summed E-state index contributed by atoms with van der Waals surface area (Å²) < 4.78 is 0. The molecule has 0 fully saturated rings. The van der Waals surface area contributed by atoms with E-state index in [4.69, 9.17) is 4.98 Å². The molecule has 31 heavy (non-hydrogen) atoms. The first kappa shape index (κ1) is 17.5. The summed E-state index contributed by atoms with van der Waals surface area (Å²) in [6.45, 7) is 0. The van der Waals surface area contributed by atoms with Gasteiger partial charge in [0.05, 0.1) is 11.2 Å². The Bertz CT molecular complexity index is 1650. The molecule has 0 radical (unpaired) electrons. The number of hydrogen-bond donors (Lipinski definition) is 3.